The highest BCUT2D eigenvalue weighted by molar-refractivity contribution is 7.99. The minimum Gasteiger partial charge on any atom is -0.481 e. The summed E-state index contributed by atoms with van der Waals surface area (Å²) in [7, 11) is 0. The van der Waals surface area contributed by atoms with Crippen LogP contribution in [0.2, 0.25) is 0 Å². The van der Waals surface area contributed by atoms with Crippen molar-refractivity contribution in [3.8, 4) is 0 Å². The predicted octanol–water partition coefficient (Wildman–Crippen LogP) is 2.12. The summed E-state index contributed by atoms with van der Waals surface area (Å²) >= 11 is 3.58. The summed E-state index contributed by atoms with van der Waals surface area (Å²) in [4.78, 5) is 24.8. The first-order valence-corrected chi connectivity index (χ1v) is 9.30. The summed E-state index contributed by atoms with van der Waals surface area (Å²) < 4.78 is 0. The fraction of sp³-hybridized carbons (Fsp3) is 0.846. The highest BCUT2D eigenvalue weighted by Crippen LogP contribution is 2.19. The van der Waals surface area contributed by atoms with Gasteiger partial charge in [0.15, 0.2) is 0 Å². The van der Waals surface area contributed by atoms with E-state index >= 15 is 0 Å². The Hall–Kier alpha value is -0.560. The molecule has 2 amide bonds. The number of carbonyl (C=O) groups is 2. The number of amides is 2. The van der Waals surface area contributed by atoms with E-state index in [9.17, 15) is 9.59 Å². The van der Waals surface area contributed by atoms with Gasteiger partial charge in [-0.1, -0.05) is 6.92 Å². The zero-order valence-electron chi connectivity index (χ0n) is 12.1. The number of hydrogen-bond donors (Lipinski definition) is 2. The van der Waals surface area contributed by atoms with Crippen molar-refractivity contribution < 1.29 is 14.7 Å². The maximum atomic E-state index is 12.2. The van der Waals surface area contributed by atoms with Gasteiger partial charge >= 0.3 is 12.0 Å². The maximum Gasteiger partial charge on any atom is 0.317 e. The molecule has 2 unspecified atom stereocenters. The summed E-state index contributed by atoms with van der Waals surface area (Å²) in [6.07, 6.45) is 0.969. The van der Waals surface area contributed by atoms with Crippen LogP contribution in [0.15, 0.2) is 0 Å². The van der Waals surface area contributed by atoms with E-state index in [1.54, 1.807) is 16.7 Å². The van der Waals surface area contributed by atoms with E-state index in [1.165, 1.54) is 0 Å². The van der Waals surface area contributed by atoms with Gasteiger partial charge in [-0.05, 0) is 24.9 Å². The number of aliphatic carboxylic acids is 1. The molecule has 1 aliphatic rings. The van der Waals surface area contributed by atoms with Gasteiger partial charge in [-0.15, -0.1) is 0 Å². The van der Waals surface area contributed by atoms with Gasteiger partial charge in [-0.2, -0.15) is 23.5 Å². The number of carboxylic acid groups (broad SMARTS) is 1. The molecule has 1 rings (SSSR count). The summed E-state index contributed by atoms with van der Waals surface area (Å²) in [5.41, 5.74) is 0. The third kappa shape index (κ3) is 6.26. The third-order valence-corrected chi connectivity index (χ3v) is 5.19. The van der Waals surface area contributed by atoms with Crippen LogP contribution in [-0.4, -0.2) is 63.6 Å². The fourth-order valence-electron chi connectivity index (χ4n) is 2.06. The highest BCUT2D eigenvalue weighted by atomic mass is 32.2. The third-order valence-electron chi connectivity index (χ3n) is 3.17. The number of carbonyl (C=O) groups excluding carboxylic acids is 1. The molecule has 0 aromatic rings. The smallest absolute Gasteiger partial charge is 0.317 e. The molecule has 0 bridgehead atoms. The lowest BCUT2D eigenvalue weighted by atomic mass is 10.2. The van der Waals surface area contributed by atoms with Crippen molar-refractivity contribution >= 4 is 35.5 Å². The molecule has 0 aliphatic carbocycles. The monoisotopic (exact) mass is 320 g/mol. The van der Waals surface area contributed by atoms with Crippen LogP contribution < -0.4 is 5.32 Å². The normalized spacial score (nSPS) is 20.5. The lowest BCUT2D eigenvalue weighted by molar-refractivity contribution is -0.137. The van der Waals surface area contributed by atoms with Crippen molar-refractivity contribution in [1.29, 1.82) is 0 Å². The van der Waals surface area contributed by atoms with E-state index in [2.05, 4.69) is 12.2 Å². The number of thioether (sulfide) groups is 2. The average Bonchev–Trinajstić information content (AvgIpc) is 2.38. The number of hydrogen-bond acceptors (Lipinski definition) is 4. The molecule has 0 saturated carbocycles. The summed E-state index contributed by atoms with van der Waals surface area (Å²) in [5.74, 6) is 2.86. The Bertz CT molecular complexity index is 329. The number of rotatable bonds is 7. The largest absolute Gasteiger partial charge is 0.481 e. The van der Waals surface area contributed by atoms with Gasteiger partial charge in [0, 0.05) is 24.1 Å². The topological polar surface area (TPSA) is 69.6 Å². The molecule has 5 nitrogen and oxygen atoms in total. The van der Waals surface area contributed by atoms with Crippen molar-refractivity contribution in [2.45, 2.75) is 38.8 Å². The summed E-state index contributed by atoms with van der Waals surface area (Å²) in [5, 5.41) is 11.9. The number of nitrogens with zero attached hydrogens (tertiary/aromatic N) is 1. The lowest BCUT2D eigenvalue weighted by Gasteiger charge is -2.35. The Morgan fingerprint density at radius 1 is 1.55 bits per heavy atom. The second kappa shape index (κ2) is 9.39. The van der Waals surface area contributed by atoms with Crippen molar-refractivity contribution in [2.75, 3.05) is 29.6 Å². The summed E-state index contributed by atoms with van der Waals surface area (Å²) in [6, 6.07) is -0.185. The van der Waals surface area contributed by atoms with Crippen LogP contribution in [0.4, 0.5) is 4.79 Å². The maximum absolute atomic E-state index is 12.2. The van der Waals surface area contributed by atoms with E-state index in [-0.39, 0.29) is 24.5 Å². The van der Waals surface area contributed by atoms with E-state index in [0.717, 1.165) is 23.7 Å². The van der Waals surface area contributed by atoms with Crippen LogP contribution in [0.25, 0.3) is 0 Å². The van der Waals surface area contributed by atoms with Crippen LogP contribution in [0.3, 0.4) is 0 Å². The van der Waals surface area contributed by atoms with Crippen LogP contribution in [0, 0.1) is 0 Å². The van der Waals surface area contributed by atoms with Crippen molar-refractivity contribution in [3.05, 3.63) is 0 Å². The molecular weight excluding hydrogens is 296 g/mol. The van der Waals surface area contributed by atoms with Crippen molar-refractivity contribution in [3.63, 3.8) is 0 Å². The quantitative estimate of drug-likeness (QED) is 0.703. The first-order chi connectivity index (χ1) is 9.54. The molecule has 1 aliphatic heterocycles. The minimum atomic E-state index is -0.845. The molecule has 2 N–H and O–H groups in total. The molecule has 2 atom stereocenters. The number of nitrogens with one attached hydrogen (secondary N) is 1. The Kier molecular flexibility index (Phi) is 8.21. The zero-order chi connectivity index (χ0) is 15.0. The molecule has 0 spiro atoms. The van der Waals surface area contributed by atoms with Gasteiger partial charge in [-0.25, -0.2) is 4.79 Å². The van der Waals surface area contributed by atoms with Gasteiger partial charge in [0.05, 0.1) is 12.5 Å². The van der Waals surface area contributed by atoms with Crippen LogP contribution >= 0.6 is 23.5 Å². The number of carboxylic acids is 1. The molecule has 0 aromatic carbocycles. The number of urea groups is 1. The molecule has 1 saturated heterocycles. The molecule has 7 heteroatoms. The van der Waals surface area contributed by atoms with E-state index in [0.29, 0.717) is 12.3 Å². The second-order valence-electron chi connectivity index (χ2n) is 4.86. The summed E-state index contributed by atoms with van der Waals surface area (Å²) in [6.45, 7) is 4.75. The van der Waals surface area contributed by atoms with Gasteiger partial charge in [0.2, 0.25) is 0 Å². The minimum absolute atomic E-state index is 0.0283. The van der Waals surface area contributed by atoms with Gasteiger partial charge in [0.1, 0.15) is 0 Å². The lowest BCUT2D eigenvalue weighted by Crippen LogP contribution is -2.53. The van der Waals surface area contributed by atoms with E-state index in [1.807, 2.05) is 18.7 Å². The predicted molar refractivity (Wildman–Crippen MR) is 85.7 cm³/mol. The second-order valence-corrected chi connectivity index (χ2v) is 7.40. The van der Waals surface area contributed by atoms with Crippen LogP contribution in [0.1, 0.15) is 26.7 Å². The zero-order valence-corrected chi connectivity index (χ0v) is 13.8. The first kappa shape index (κ1) is 17.5. The Balaban J connectivity index is 2.44. The van der Waals surface area contributed by atoms with Gasteiger partial charge in [0.25, 0.3) is 0 Å². The van der Waals surface area contributed by atoms with Crippen LogP contribution in [-0.2, 0) is 4.79 Å². The molecule has 0 aromatic heterocycles. The Morgan fingerprint density at radius 2 is 2.30 bits per heavy atom. The fourth-order valence-corrected chi connectivity index (χ4v) is 3.93. The first-order valence-electron chi connectivity index (χ1n) is 6.99. The van der Waals surface area contributed by atoms with Gasteiger partial charge < -0.3 is 15.3 Å². The Morgan fingerprint density at radius 3 is 2.95 bits per heavy atom. The molecule has 1 heterocycles. The van der Waals surface area contributed by atoms with Crippen molar-refractivity contribution in [1.82, 2.24) is 10.2 Å². The standard InChI is InChI=1S/C13H24N2O3S2/c1-3-19-6-4-10(2)14-13(18)15-5-7-20-9-11(15)8-12(16)17/h10-11H,3-9H2,1-2H3,(H,14,18)(H,16,17). The SMILES string of the molecule is CCSCCC(C)NC(=O)N1CCSCC1CC(=O)O. The molecular formula is C13H24N2O3S2. The molecule has 20 heavy (non-hydrogen) atoms. The molecule has 116 valence electrons. The van der Waals surface area contributed by atoms with E-state index < -0.39 is 5.97 Å². The van der Waals surface area contributed by atoms with Crippen molar-refractivity contribution in [2.24, 2.45) is 0 Å². The average molecular weight is 320 g/mol. The van der Waals surface area contributed by atoms with E-state index in [4.69, 9.17) is 5.11 Å². The molecule has 0 radical (unpaired) electrons. The van der Waals surface area contributed by atoms with Crippen LogP contribution in [0.5, 0.6) is 0 Å². The molecule has 1 fully saturated rings. The Labute approximate surface area is 129 Å². The van der Waals surface area contributed by atoms with Gasteiger partial charge in [-0.3, -0.25) is 4.79 Å². The highest BCUT2D eigenvalue weighted by Gasteiger charge is 2.29.